The largest absolute Gasteiger partial charge is 0.454 e. The van der Waals surface area contributed by atoms with Gasteiger partial charge in [-0.15, -0.1) is 0 Å². The van der Waals surface area contributed by atoms with Gasteiger partial charge in [0.2, 0.25) is 11.6 Å². The summed E-state index contributed by atoms with van der Waals surface area (Å²) in [4.78, 5) is 65.7. The molecule has 0 aliphatic heterocycles. The SMILES string of the molecule is CCc1cccc2c(C(=O)COC(=O)c3ccc4c(c3[N+](=O)[O-])C(=O)c3ccccc3C4=O)c[nH]c12. The van der Waals surface area contributed by atoms with Crippen LogP contribution in [-0.2, 0) is 11.2 Å². The summed E-state index contributed by atoms with van der Waals surface area (Å²) in [7, 11) is 0. The number of para-hydroxylation sites is 1. The maximum absolute atomic E-state index is 13.1. The van der Waals surface area contributed by atoms with E-state index in [2.05, 4.69) is 4.98 Å². The Kier molecular flexibility index (Phi) is 5.52. The molecular weight excluding hydrogens is 464 g/mol. The number of benzene rings is 3. The van der Waals surface area contributed by atoms with Gasteiger partial charge < -0.3 is 9.72 Å². The molecule has 36 heavy (non-hydrogen) atoms. The number of fused-ring (bicyclic) bond motifs is 3. The van der Waals surface area contributed by atoms with E-state index in [0.29, 0.717) is 10.9 Å². The number of nitrogens with one attached hydrogen (secondary N) is 1. The maximum Gasteiger partial charge on any atom is 0.345 e. The van der Waals surface area contributed by atoms with Gasteiger partial charge in [0.05, 0.1) is 4.92 Å². The van der Waals surface area contributed by atoms with Gasteiger partial charge in [0.25, 0.3) is 5.69 Å². The van der Waals surface area contributed by atoms with Gasteiger partial charge in [-0.25, -0.2) is 4.79 Å². The normalized spacial score (nSPS) is 12.2. The van der Waals surface area contributed by atoms with E-state index in [1.165, 1.54) is 24.4 Å². The monoisotopic (exact) mass is 482 g/mol. The fraction of sp³-hybridized carbons (Fsp3) is 0.111. The van der Waals surface area contributed by atoms with Crippen molar-refractivity contribution in [3.05, 3.63) is 110 Å². The first-order valence-corrected chi connectivity index (χ1v) is 11.1. The minimum Gasteiger partial charge on any atom is -0.454 e. The second kappa shape index (κ2) is 8.70. The Morgan fingerprint density at radius 1 is 0.917 bits per heavy atom. The molecule has 0 bridgehead atoms. The van der Waals surface area contributed by atoms with Crippen molar-refractivity contribution in [2.45, 2.75) is 13.3 Å². The van der Waals surface area contributed by atoms with Crippen molar-refractivity contribution in [2.24, 2.45) is 0 Å². The average Bonchev–Trinajstić information content (AvgIpc) is 3.33. The molecule has 9 heteroatoms. The molecule has 1 N–H and O–H groups in total. The number of carbonyl (C=O) groups excluding carboxylic acids is 4. The summed E-state index contributed by atoms with van der Waals surface area (Å²) in [5.74, 6) is -2.93. The van der Waals surface area contributed by atoms with Crippen LogP contribution in [0.1, 0.15) is 65.0 Å². The lowest BCUT2D eigenvalue weighted by atomic mass is 9.82. The number of carbonyl (C=O) groups is 4. The van der Waals surface area contributed by atoms with Gasteiger partial charge in [0.1, 0.15) is 11.1 Å². The molecule has 0 spiro atoms. The number of nitro benzene ring substituents is 1. The Morgan fingerprint density at radius 3 is 2.33 bits per heavy atom. The van der Waals surface area contributed by atoms with Crippen molar-refractivity contribution in [1.29, 1.82) is 0 Å². The minimum absolute atomic E-state index is 0.0181. The van der Waals surface area contributed by atoms with Crippen LogP contribution in [0.3, 0.4) is 0 Å². The third kappa shape index (κ3) is 3.49. The molecule has 0 amide bonds. The lowest BCUT2D eigenvalue weighted by Gasteiger charge is -2.18. The number of rotatable bonds is 6. The van der Waals surface area contributed by atoms with Crippen molar-refractivity contribution in [3.8, 4) is 0 Å². The van der Waals surface area contributed by atoms with Gasteiger partial charge in [0.15, 0.2) is 12.4 Å². The molecular formula is C27H18N2O7. The molecule has 1 heterocycles. The summed E-state index contributed by atoms with van der Waals surface area (Å²) in [6, 6.07) is 13.8. The molecule has 5 rings (SSSR count). The Morgan fingerprint density at radius 2 is 1.64 bits per heavy atom. The highest BCUT2D eigenvalue weighted by molar-refractivity contribution is 6.30. The van der Waals surface area contributed by atoms with E-state index >= 15 is 0 Å². The highest BCUT2D eigenvalue weighted by Gasteiger charge is 2.39. The van der Waals surface area contributed by atoms with Crippen molar-refractivity contribution in [2.75, 3.05) is 6.61 Å². The number of aromatic amines is 1. The van der Waals surface area contributed by atoms with Gasteiger partial charge in [0, 0.05) is 39.4 Å². The van der Waals surface area contributed by atoms with Crippen molar-refractivity contribution < 1.29 is 28.8 Å². The highest BCUT2D eigenvalue weighted by atomic mass is 16.6. The first kappa shape index (κ1) is 22.9. The van der Waals surface area contributed by atoms with Gasteiger partial charge in [-0.2, -0.15) is 0 Å². The number of ether oxygens (including phenoxy) is 1. The second-order valence-electron chi connectivity index (χ2n) is 8.24. The van der Waals surface area contributed by atoms with Gasteiger partial charge in [-0.3, -0.25) is 24.5 Å². The topological polar surface area (TPSA) is 136 Å². The second-order valence-corrected chi connectivity index (χ2v) is 8.24. The van der Waals surface area contributed by atoms with Crippen LogP contribution >= 0.6 is 0 Å². The van der Waals surface area contributed by atoms with E-state index in [4.69, 9.17) is 4.74 Å². The fourth-order valence-electron chi connectivity index (χ4n) is 4.55. The van der Waals surface area contributed by atoms with E-state index < -0.39 is 51.7 Å². The molecule has 0 atom stereocenters. The number of hydrogen-bond acceptors (Lipinski definition) is 7. The average molecular weight is 482 g/mol. The third-order valence-corrected chi connectivity index (χ3v) is 6.29. The number of esters is 1. The predicted molar refractivity (Wildman–Crippen MR) is 129 cm³/mol. The van der Waals surface area contributed by atoms with Crippen molar-refractivity contribution in [1.82, 2.24) is 4.98 Å². The summed E-state index contributed by atoms with van der Waals surface area (Å²) >= 11 is 0. The molecule has 0 unspecified atom stereocenters. The standard InChI is InChI=1S/C27H18N2O7/c1-2-14-6-5-9-15-20(12-28-23(14)15)21(30)13-36-27(33)19-11-10-18-22(24(19)29(34)35)26(32)17-8-4-3-7-16(17)25(18)31/h3-12,28H,2,13H2,1H3. The zero-order valence-electron chi connectivity index (χ0n) is 19.0. The Balaban J connectivity index is 1.46. The molecule has 1 aromatic heterocycles. The molecule has 0 radical (unpaired) electrons. The van der Waals surface area contributed by atoms with E-state index in [-0.39, 0.29) is 16.7 Å². The van der Waals surface area contributed by atoms with Crippen LogP contribution in [0, 0.1) is 10.1 Å². The molecule has 0 saturated carbocycles. The number of aromatic nitrogens is 1. The number of hydrogen-bond donors (Lipinski definition) is 1. The lowest BCUT2D eigenvalue weighted by Crippen LogP contribution is -2.24. The molecule has 3 aromatic carbocycles. The summed E-state index contributed by atoms with van der Waals surface area (Å²) in [5, 5.41) is 12.6. The third-order valence-electron chi connectivity index (χ3n) is 6.29. The molecule has 0 fully saturated rings. The van der Waals surface area contributed by atoms with Crippen molar-refractivity contribution in [3.63, 3.8) is 0 Å². The van der Waals surface area contributed by atoms with Gasteiger partial charge in [-0.1, -0.05) is 49.4 Å². The summed E-state index contributed by atoms with van der Waals surface area (Å²) in [6.07, 6.45) is 2.29. The number of nitro groups is 1. The van der Waals surface area contributed by atoms with Crippen LogP contribution < -0.4 is 0 Å². The highest BCUT2D eigenvalue weighted by Crippen LogP contribution is 2.36. The van der Waals surface area contributed by atoms with E-state index in [9.17, 15) is 29.3 Å². The van der Waals surface area contributed by atoms with Gasteiger partial charge >= 0.3 is 5.97 Å². The first-order chi connectivity index (χ1) is 17.3. The van der Waals surface area contributed by atoms with Gasteiger partial charge in [-0.05, 0) is 24.1 Å². The van der Waals surface area contributed by atoms with Crippen LogP contribution in [0.25, 0.3) is 10.9 Å². The molecule has 4 aromatic rings. The first-order valence-electron chi connectivity index (χ1n) is 11.1. The molecule has 178 valence electrons. The summed E-state index contributed by atoms with van der Waals surface area (Å²) in [6.45, 7) is 1.33. The summed E-state index contributed by atoms with van der Waals surface area (Å²) < 4.78 is 5.13. The molecule has 9 nitrogen and oxygen atoms in total. The van der Waals surface area contributed by atoms with E-state index in [0.717, 1.165) is 23.6 Å². The lowest BCUT2D eigenvalue weighted by molar-refractivity contribution is -0.385. The Hall–Kier alpha value is -4.92. The smallest absolute Gasteiger partial charge is 0.345 e. The minimum atomic E-state index is -1.15. The maximum atomic E-state index is 13.1. The predicted octanol–water partition coefficient (Wildman–Crippen LogP) is 4.45. The number of aryl methyl sites for hydroxylation is 1. The number of nitrogens with zero attached hydrogens (tertiary/aromatic N) is 1. The quantitative estimate of drug-likeness (QED) is 0.163. The number of Topliss-reactive ketones (excluding diaryl/α,β-unsaturated/α-hetero) is 1. The molecule has 1 aliphatic rings. The zero-order chi connectivity index (χ0) is 25.6. The fourth-order valence-corrected chi connectivity index (χ4v) is 4.55. The number of ketones is 3. The zero-order valence-corrected chi connectivity index (χ0v) is 19.0. The summed E-state index contributed by atoms with van der Waals surface area (Å²) in [5.41, 5.74) is 0.344. The van der Waals surface area contributed by atoms with E-state index in [1.807, 2.05) is 19.1 Å². The Labute approximate surface area is 203 Å². The molecule has 0 saturated heterocycles. The molecule has 1 aliphatic carbocycles. The number of H-pyrrole nitrogens is 1. The van der Waals surface area contributed by atoms with E-state index in [1.54, 1.807) is 18.2 Å². The van der Waals surface area contributed by atoms with Crippen LogP contribution in [-0.4, -0.2) is 39.8 Å². The van der Waals surface area contributed by atoms with Crippen LogP contribution in [0.4, 0.5) is 5.69 Å². The Bertz CT molecular complexity index is 1630. The van der Waals surface area contributed by atoms with Crippen LogP contribution in [0.5, 0.6) is 0 Å². The van der Waals surface area contributed by atoms with Crippen LogP contribution in [0.2, 0.25) is 0 Å². The van der Waals surface area contributed by atoms with Crippen molar-refractivity contribution >= 4 is 39.9 Å². The van der Waals surface area contributed by atoms with Crippen LogP contribution in [0.15, 0.2) is 60.8 Å².